The first-order chi connectivity index (χ1) is 29.2. The van der Waals surface area contributed by atoms with E-state index in [0.717, 1.165) is 51.6 Å². The molecule has 2 aromatic heterocycles. The fourth-order valence-electron chi connectivity index (χ4n) is 10.2. The minimum absolute atomic E-state index is 0.0194. The van der Waals surface area contributed by atoms with Crippen LogP contribution < -0.4 is 0 Å². The van der Waals surface area contributed by atoms with Crippen LogP contribution in [0.5, 0.6) is 0 Å². The molecule has 2 heterocycles. The van der Waals surface area contributed by atoms with Crippen LogP contribution in [0.4, 0.5) is 0 Å². The molecule has 5 aromatic rings. The highest BCUT2D eigenvalue weighted by Crippen LogP contribution is 2.57. The van der Waals surface area contributed by atoms with Gasteiger partial charge in [0.2, 0.25) is 0 Å². The summed E-state index contributed by atoms with van der Waals surface area (Å²) in [6, 6.07) is 15.8. The molecular formula is C52H76N4OS2. The van der Waals surface area contributed by atoms with Crippen molar-refractivity contribution in [3.05, 3.63) is 59.2 Å². The van der Waals surface area contributed by atoms with E-state index >= 15 is 0 Å². The quantitative estimate of drug-likeness (QED) is 0.0437. The van der Waals surface area contributed by atoms with Gasteiger partial charge in [0.25, 0.3) is 0 Å². The number of benzene rings is 3. The predicted octanol–water partition coefficient (Wildman–Crippen LogP) is 16.9. The van der Waals surface area contributed by atoms with E-state index in [9.17, 15) is 5.11 Å². The van der Waals surface area contributed by atoms with Gasteiger partial charge in [0, 0.05) is 16.5 Å². The highest BCUT2D eigenvalue weighted by Gasteiger charge is 2.44. The average Bonchev–Trinajstić information content (AvgIpc) is 4.01. The molecule has 0 bridgehead atoms. The number of hydrogen-bond donors (Lipinski definition) is 1. The van der Waals surface area contributed by atoms with Gasteiger partial charge in [0.15, 0.2) is 0 Å². The maximum absolute atomic E-state index is 10.5. The van der Waals surface area contributed by atoms with Crippen LogP contribution >= 0.6 is 23.5 Å². The van der Waals surface area contributed by atoms with Crippen LogP contribution in [-0.4, -0.2) is 22.6 Å². The van der Waals surface area contributed by atoms with Gasteiger partial charge < -0.3 is 5.11 Å². The standard InChI is InChI=1S/C52H76N4OS2/c1-3-5-7-9-11-13-15-17-19-21-23-25-27-29-37-52(38-30-28-26-24-22-20-18-16-14-12-10-8-6-4-2)44-34-36-47-51(56-59-54-47)49(44)43-33-31-41(39-45(43)52)48-42(40-57)32-35-46-50(48)55-58-53-46/h31-36,39,57H,3-30,37-38,40H2,1-2H3. The molecule has 7 heteroatoms. The van der Waals surface area contributed by atoms with Crippen LogP contribution in [-0.2, 0) is 12.0 Å². The molecule has 0 unspecified atom stereocenters. The molecular weight excluding hydrogens is 761 g/mol. The molecule has 322 valence electrons. The molecule has 0 amide bonds. The third kappa shape index (κ3) is 12.4. The highest BCUT2D eigenvalue weighted by molar-refractivity contribution is 7.00. The summed E-state index contributed by atoms with van der Waals surface area (Å²) < 4.78 is 19.0. The zero-order valence-electron chi connectivity index (χ0n) is 37.0. The molecule has 0 radical (unpaired) electrons. The van der Waals surface area contributed by atoms with E-state index in [0.29, 0.717) is 0 Å². The van der Waals surface area contributed by atoms with Crippen LogP contribution in [0.15, 0.2) is 42.5 Å². The number of unbranched alkanes of at least 4 members (excludes halogenated alkanes) is 26. The molecule has 0 saturated heterocycles. The maximum Gasteiger partial charge on any atom is 0.112 e. The number of aromatic nitrogens is 4. The molecule has 5 nitrogen and oxygen atoms in total. The zero-order chi connectivity index (χ0) is 41.0. The smallest absolute Gasteiger partial charge is 0.112 e. The van der Waals surface area contributed by atoms with Crippen molar-refractivity contribution >= 4 is 45.5 Å². The third-order valence-corrected chi connectivity index (χ3v) is 14.7. The van der Waals surface area contributed by atoms with Crippen LogP contribution in [0.3, 0.4) is 0 Å². The fraction of sp³-hybridized carbons (Fsp3) is 0.654. The Bertz CT molecular complexity index is 1920. The van der Waals surface area contributed by atoms with E-state index in [4.69, 9.17) is 13.1 Å². The maximum atomic E-state index is 10.5. The lowest BCUT2D eigenvalue weighted by atomic mass is 9.70. The topological polar surface area (TPSA) is 71.8 Å². The number of nitrogens with zero attached hydrogens (tertiary/aromatic N) is 4. The second kappa shape index (κ2) is 25.3. The van der Waals surface area contributed by atoms with Crippen molar-refractivity contribution < 1.29 is 5.11 Å². The Labute approximate surface area is 366 Å². The van der Waals surface area contributed by atoms with Gasteiger partial charge in [-0.25, -0.2) is 0 Å². The minimum Gasteiger partial charge on any atom is -0.392 e. The summed E-state index contributed by atoms with van der Waals surface area (Å²) in [7, 11) is 0. The Hall–Kier alpha value is -2.74. The number of aliphatic hydroxyl groups is 1. The fourth-order valence-corrected chi connectivity index (χ4v) is 11.3. The van der Waals surface area contributed by atoms with Crippen LogP contribution in [0, 0.1) is 0 Å². The summed E-state index contributed by atoms with van der Waals surface area (Å²) in [6.45, 7) is 4.59. The SMILES string of the molecule is CCCCCCCCCCCCCCCCC1(CCCCCCCCCCCCCCCC)c2cc(-c3c(CO)ccc4nsnc34)ccc2-c2c1ccc1nsnc21. The molecule has 3 aromatic carbocycles. The Morgan fingerprint density at radius 3 is 1.32 bits per heavy atom. The molecule has 0 spiro atoms. The monoisotopic (exact) mass is 837 g/mol. The number of hydrogen-bond acceptors (Lipinski definition) is 7. The zero-order valence-corrected chi connectivity index (χ0v) is 38.6. The van der Waals surface area contributed by atoms with Gasteiger partial charge in [-0.15, -0.1) is 0 Å². The number of fused-ring (bicyclic) bond motifs is 6. The summed E-state index contributed by atoms with van der Waals surface area (Å²) in [6.07, 6.45) is 40.9. The third-order valence-electron chi connectivity index (χ3n) is 13.6. The Morgan fingerprint density at radius 2 is 0.864 bits per heavy atom. The van der Waals surface area contributed by atoms with Crippen LogP contribution in [0.2, 0.25) is 0 Å². The largest absolute Gasteiger partial charge is 0.392 e. The normalized spacial score (nSPS) is 13.2. The van der Waals surface area contributed by atoms with Gasteiger partial charge >= 0.3 is 0 Å². The summed E-state index contributed by atoms with van der Waals surface area (Å²) >= 11 is 2.59. The summed E-state index contributed by atoms with van der Waals surface area (Å²) in [5, 5.41) is 10.5. The summed E-state index contributed by atoms with van der Waals surface area (Å²) in [5.41, 5.74) is 12.4. The molecule has 0 atom stereocenters. The van der Waals surface area contributed by atoms with Gasteiger partial charge in [-0.05, 0) is 58.9 Å². The Balaban J connectivity index is 1.13. The molecule has 0 saturated carbocycles. The lowest BCUT2D eigenvalue weighted by Gasteiger charge is -2.33. The van der Waals surface area contributed by atoms with E-state index in [1.807, 2.05) is 12.1 Å². The van der Waals surface area contributed by atoms with E-state index in [2.05, 4.69) is 48.6 Å². The second-order valence-electron chi connectivity index (χ2n) is 18.0. The summed E-state index contributed by atoms with van der Waals surface area (Å²) in [4.78, 5) is 0. The summed E-state index contributed by atoms with van der Waals surface area (Å²) in [5.74, 6) is 0. The van der Waals surface area contributed by atoms with Crippen molar-refractivity contribution in [1.29, 1.82) is 0 Å². The first-order valence-electron chi connectivity index (χ1n) is 24.5. The highest BCUT2D eigenvalue weighted by atomic mass is 32.1. The molecule has 0 fully saturated rings. The number of aliphatic hydroxyl groups excluding tert-OH is 1. The van der Waals surface area contributed by atoms with E-state index < -0.39 is 0 Å². The van der Waals surface area contributed by atoms with E-state index in [-0.39, 0.29) is 12.0 Å². The lowest BCUT2D eigenvalue weighted by Crippen LogP contribution is -2.25. The molecule has 1 N–H and O–H groups in total. The molecule has 59 heavy (non-hydrogen) atoms. The van der Waals surface area contributed by atoms with Crippen LogP contribution in [0.1, 0.15) is 223 Å². The van der Waals surface area contributed by atoms with Gasteiger partial charge in [-0.1, -0.05) is 218 Å². The van der Waals surface area contributed by atoms with Gasteiger partial charge in [-0.3, -0.25) is 0 Å². The molecule has 1 aliphatic rings. The van der Waals surface area contributed by atoms with Crippen molar-refractivity contribution in [1.82, 2.24) is 17.5 Å². The van der Waals surface area contributed by atoms with Gasteiger partial charge in [-0.2, -0.15) is 17.5 Å². The van der Waals surface area contributed by atoms with E-state index in [1.165, 1.54) is 225 Å². The lowest BCUT2D eigenvalue weighted by molar-refractivity contribution is 0.282. The molecule has 6 rings (SSSR count). The van der Waals surface area contributed by atoms with Gasteiger partial charge in [0.05, 0.1) is 30.1 Å². The average molecular weight is 837 g/mol. The van der Waals surface area contributed by atoms with Gasteiger partial charge in [0.1, 0.15) is 22.1 Å². The molecule has 0 aliphatic heterocycles. The van der Waals surface area contributed by atoms with E-state index in [1.54, 1.807) is 0 Å². The van der Waals surface area contributed by atoms with Crippen molar-refractivity contribution in [2.75, 3.05) is 0 Å². The van der Waals surface area contributed by atoms with Crippen molar-refractivity contribution in [3.63, 3.8) is 0 Å². The Morgan fingerprint density at radius 1 is 0.441 bits per heavy atom. The second-order valence-corrected chi connectivity index (χ2v) is 19.1. The van der Waals surface area contributed by atoms with Crippen molar-refractivity contribution in [3.8, 4) is 22.3 Å². The minimum atomic E-state index is -0.0691. The van der Waals surface area contributed by atoms with Crippen molar-refractivity contribution in [2.24, 2.45) is 0 Å². The predicted molar refractivity (Wildman–Crippen MR) is 256 cm³/mol. The molecule has 1 aliphatic carbocycles. The van der Waals surface area contributed by atoms with Crippen molar-refractivity contribution in [2.45, 2.75) is 218 Å². The first-order valence-corrected chi connectivity index (χ1v) is 25.9. The number of rotatable bonds is 32. The first kappa shape index (κ1) is 45.8. The Kier molecular flexibility index (Phi) is 19.6. The van der Waals surface area contributed by atoms with Crippen LogP contribution in [0.25, 0.3) is 44.3 Å².